The van der Waals surface area contributed by atoms with Crippen LogP contribution in [0.3, 0.4) is 0 Å². The van der Waals surface area contributed by atoms with Crippen LogP contribution in [0.5, 0.6) is 0 Å². The van der Waals surface area contributed by atoms with E-state index in [-0.39, 0.29) is 10.5 Å². The van der Waals surface area contributed by atoms with Crippen LogP contribution in [0, 0.1) is 12.7 Å². The molecule has 6 nitrogen and oxygen atoms in total. The number of rotatable bonds is 5. The Morgan fingerprint density at radius 1 is 1.50 bits per heavy atom. The topological polar surface area (TPSA) is 104 Å². The zero-order valence-electron chi connectivity index (χ0n) is 9.42. The molecule has 3 N–H and O–H groups in total. The molecule has 1 atom stereocenters. The van der Waals surface area contributed by atoms with Crippen LogP contribution in [0.4, 0.5) is 4.39 Å². The van der Waals surface area contributed by atoms with Crippen molar-refractivity contribution in [1.29, 1.82) is 0 Å². The molecule has 0 radical (unpaired) electrons. The Bertz CT molecular complexity index is 557. The maximum atomic E-state index is 12.8. The monoisotopic (exact) mass is 277 g/mol. The summed E-state index contributed by atoms with van der Waals surface area (Å²) in [6, 6.07) is 3.09. The molecule has 0 amide bonds. The summed E-state index contributed by atoms with van der Waals surface area (Å²) in [5.74, 6) is -2.11. The van der Waals surface area contributed by atoms with Gasteiger partial charge in [-0.05, 0) is 30.7 Å². The van der Waals surface area contributed by atoms with Gasteiger partial charge in [-0.25, -0.2) is 22.3 Å². The second kappa shape index (κ2) is 5.42. The van der Waals surface area contributed by atoms with Gasteiger partial charge in [0.15, 0.2) is 6.10 Å². The molecule has 0 spiro atoms. The Morgan fingerprint density at radius 2 is 2.11 bits per heavy atom. The molecule has 0 saturated heterocycles. The number of hydrogen-bond acceptors (Lipinski definition) is 4. The summed E-state index contributed by atoms with van der Waals surface area (Å²) in [5, 5.41) is 17.4. The van der Waals surface area contributed by atoms with Crippen LogP contribution in [0.25, 0.3) is 0 Å². The number of carbonyl (C=O) groups is 1. The third-order valence-corrected chi connectivity index (χ3v) is 3.76. The minimum atomic E-state index is -3.98. The zero-order valence-corrected chi connectivity index (χ0v) is 10.2. The van der Waals surface area contributed by atoms with Crippen LogP contribution < -0.4 is 4.72 Å². The van der Waals surface area contributed by atoms with Gasteiger partial charge in [0.25, 0.3) is 0 Å². The summed E-state index contributed by atoms with van der Waals surface area (Å²) in [4.78, 5) is 10.2. The van der Waals surface area contributed by atoms with Gasteiger partial charge in [-0.15, -0.1) is 0 Å². The lowest BCUT2D eigenvalue weighted by molar-refractivity contribution is -0.146. The van der Waals surface area contributed by atoms with E-state index < -0.39 is 34.5 Å². The van der Waals surface area contributed by atoms with E-state index in [1.165, 1.54) is 6.92 Å². The molecule has 8 heteroatoms. The average molecular weight is 277 g/mol. The average Bonchev–Trinajstić information content (AvgIpc) is 2.25. The summed E-state index contributed by atoms with van der Waals surface area (Å²) in [6.45, 7) is 0.750. The van der Waals surface area contributed by atoms with Crippen LogP contribution in [0.1, 0.15) is 5.56 Å². The number of carboxylic acids is 1. The first-order valence-corrected chi connectivity index (χ1v) is 6.39. The molecule has 0 bridgehead atoms. The quantitative estimate of drug-likeness (QED) is 0.695. The number of benzene rings is 1. The van der Waals surface area contributed by atoms with Gasteiger partial charge in [0, 0.05) is 6.54 Å². The van der Waals surface area contributed by atoms with Gasteiger partial charge in [-0.1, -0.05) is 0 Å². The molecule has 0 aliphatic carbocycles. The third kappa shape index (κ3) is 3.49. The van der Waals surface area contributed by atoms with Crippen molar-refractivity contribution < 1.29 is 27.8 Å². The molecule has 1 aromatic rings. The lowest BCUT2D eigenvalue weighted by Gasteiger charge is -2.10. The number of sulfonamides is 1. The summed E-state index contributed by atoms with van der Waals surface area (Å²) < 4.78 is 38.3. The van der Waals surface area contributed by atoms with Crippen molar-refractivity contribution in [2.75, 3.05) is 6.54 Å². The van der Waals surface area contributed by atoms with Crippen LogP contribution in [-0.2, 0) is 14.8 Å². The van der Waals surface area contributed by atoms with E-state index in [0.717, 1.165) is 18.2 Å². The fraction of sp³-hybridized carbons (Fsp3) is 0.300. The highest BCUT2D eigenvalue weighted by Crippen LogP contribution is 2.15. The Balaban J connectivity index is 2.90. The van der Waals surface area contributed by atoms with E-state index in [1.54, 1.807) is 0 Å². The van der Waals surface area contributed by atoms with Crippen molar-refractivity contribution in [3.63, 3.8) is 0 Å². The zero-order chi connectivity index (χ0) is 13.9. The molecule has 1 unspecified atom stereocenters. The van der Waals surface area contributed by atoms with Crippen molar-refractivity contribution >= 4 is 16.0 Å². The van der Waals surface area contributed by atoms with Crippen molar-refractivity contribution in [2.45, 2.75) is 17.9 Å². The molecule has 0 heterocycles. The van der Waals surface area contributed by atoms with Crippen LogP contribution in [0.15, 0.2) is 23.1 Å². The van der Waals surface area contributed by atoms with E-state index in [9.17, 15) is 17.6 Å². The fourth-order valence-corrected chi connectivity index (χ4v) is 2.53. The van der Waals surface area contributed by atoms with Gasteiger partial charge >= 0.3 is 5.97 Å². The Morgan fingerprint density at radius 3 is 2.61 bits per heavy atom. The predicted molar refractivity (Wildman–Crippen MR) is 60.0 cm³/mol. The lowest BCUT2D eigenvalue weighted by atomic mass is 10.2. The van der Waals surface area contributed by atoms with Crippen molar-refractivity contribution in [2.24, 2.45) is 0 Å². The number of aliphatic carboxylic acids is 1. The van der Waals surface area contributed by atoms with Gasteiger partial charge in [-0.3, -0.25) is 0 Å². The minimum Gasteiger partial charge on any atom is -0.479 e. The standard InChI is InChI=1S/C10H12FNO5S/c1-6-4-7(11)2-3-9(6)18(16,17)12-5-8(13)10(14)15/h2-4,8,12-13H,5H2,1H3,(H,14,15). The van der Waals surface area contributed by atoms with Crippen LogP contribution in [0.2, 0.25) is 0 Å². The molecule has 0 fully saturated rings. The van der Waals surface area contributed by atoms with E-state index >= 15 is 0 Å². The van der Waals surface area contributed by atoms with Crippen molar-refractivity contribution in [1.82, 2.24) is 4.72 Å². The number of nitrogens with one attached hydrogen (secondary N) is 1. The number of carboxylic acid groups (broad SMARTS) is 1. The first-order chi connectivity index (χ1) is 8.24. The van der Waals surface area contributed by atoms with E-state index in [1.807, 2.05) is 4.72 Å². The molecule has 0 saturated carbocycles. The van der Waals surface area contributed by atoms with Gasteiger partial charge in [0.05, 0.1) is 4.90 Å². The minimum absolute atomic E-state index is 0.165. The Kier molecular flexibility index (Phi) is 4.38. The molecule has 1 aromatic carbocycles. The molecule has 1 rings (SSSR count). The largest absolute Gasteiger partial charge is 0.479 e. The number of aliphatic hydroxyl groups excluding tert-OH is 1. The second-order valence-electron chi connectivity index (χ2n) is 3.62. The number of hydrogen-bond donors (Lipinski definition) is 3. The summed E-state index contributed by atoms with van der Waals surface area (Å²) in [5.41, 5.74) is 0.187. The fourth-order valence-electron chi connectivity index (χ4n) is 1.27. The highest BCUT2D eigenvalue weighted by atomic mass is 32.2. The van der Waals surface area contributed by atoms with Crippen molar-refractivity contribution in [3.05, 3.63) is 29.6 Å². The Hall–Kier alpha value is -1.51. The number of aliphatic hydroxyl groups is 1. The molecule has 0 aromatic heterocycles. The van der Waals surface area contributed by atoms with Crippen LogP contribution in [-0.4, -0.2) is 37.2 Å². The molecule has 0 aliphatic heterocycles. The summed E-state index contributed by atoms with van der Waals surface area (Å²) >= 11 is 0. The van der Waals surface area contributed by atoms with Gasteiger partial charge in [-0.2, -0.15) is 0 Å². The van der Waals surface area contributed by atoms with E-state index in [2.05, 4.69) is 0 Å². The highest BCUT2D eigenvalue weighted by Gasteiger charge is 2.20. The summed E-state index contributed by atoms with van der Waals surface area (Å²) in [6.07, 6.45) is -1.83. The first-order valence-electron chi connectivity index (χ1n) is 4.91. The van der Waals surface area contributed by atoms with Gasteiger partial charge < -0.3 is 10.2 Å². The predicted octanol–water partition coefficient (Wildman–Crippen LogP) is -0.142. The maximum absolute atomic E-state index is 12.8. The molecule has 0 aliphatic rings. The smallest absolute Gasteiger partial charge is 0.333 e. The molecule has 100 valence electrons. The SMILES string of the molecule is Cc1cc(F)ccc1S(=O)(=O)NCC(O)C(=O)O. The maximum Gasteiger partial charge on any atom is 0.333 e. The molecule has 18 heavy (non-hydrogen) atoms. The summed E-state index contributed by atoms with van der Waals surface area (Å²) in [7, 11) is -3.98. The van der Waals surface area contributed by atoms with Gasteiger partial charge in [0.2, 0.25) is 10.0 Å². The molecular weight excluding hydrogens is 265 g/mol. The normalized spacial score (nSPS) is 13.3. The number of halogens is 1. The van der Waals surface area contributed by atoms with Gasteiger partial charge in [0.1, 0.15) is 5.82 Å². The van der Waals surface area contributed by atoms with Crippen molar-refractivity contribution in [3.8, 4) is 0 Å². The first kappa shape index (κ1) is 14.6. The highest BCUT2D eigenvalue weighted by molar-refractivity contribution is 7.89. The van der Waals surface area contributed by atoms with E-state index in [0.29, 0.717) is 0 Å². The van der Waals surface area contributed by atoms with E-state index in [4.69, 9.17) is 10.2 Å². The third-order valence-electron chi connectivity index (χ3n) is 2.18. The second-order valence-corrected chi connectivity index (χ2v) is 5.35. The van der Waals surface area contributed by atoms with Crippen LogP contribution >= 0.6 is 0 Å². The molecular formula is C10H12FNO5S. The lowest BCUT2D eigenvalue weighted by Crippen LogP contribution is -2.36. The Labute approximate surface area is 103 Å². The number of aryl methyl sites for hydroxylation is 1.